The second-order valence-electron chi connectivity index (χ2n) is 10.4. The van der Waals surface area contributed by atoms with Crippen LogP contribution in [-0.2, 0) is 22.7 Å². The van der Waals surface area contributed by atoms with Crippen molar-refractivity contribution in [2.45, 2.75) is 39.0 Å². The van der Waals surface area contributed by atoms with Crippen LogP contribution < -0.4 is 19.9 Å². The lowest BCUT2D eigenvalue weighted by atomic mass is 10.0. The van der Waals surface area contributed by atoms with Crippen molar-refractivity contribution in [3.63, 3.8) is 0 Å². The number of carboxylic acid groups (broad SMARTS) is 1. The molecular formula is C35H36N2O7. The Balaban J connectivity index is 1.49. The highest BCUT2D eigenvalue weighted by molar-refractivity contribution is 5.97. The van der Waals surface area contributed by atoms with Crippen LogP contribution in [-0.4, -0.2) is 48.1 Å². The fourth-order valence-electron chi connectivity index (χ4n) is 4.82. The standard InChI is InChI=1S/C35H36N2O7/c1-23-5-4-6-25(17-23)21-37(32(35(40)41)15-16-33(36)38)34(39)28-13-11-27(12-14-28)26-9-7-24(8-10-26)22-44-31-19-29(42-2)18-30(20-31)43-3/h4-14,17-20,32H,15-16,21-22H2,1-3H3,(H2,36,38)(H,40,41)/t32-/m0/s1. The first kappa shape index (κ1) is 31.6. The summed E-state index contributed by atoms with van der Waals surface area (Å²) in [4.78, 5) is 38.7. The van der Waals surface area contributed by atoms with E-state index in [4.69, 9.17) is 19.9 Å². The van der Waals surface area contributed by atoms with E-state index in [-0.39, 0.29) is 19.4 Å². The van der Waals surface area contributed by atoms with Crippen LogP contribution in [0.1, 0.15) is 39.9 Å². The lowest BCUT2D eigenvalue weighted by Gasteiger charge is -2.29. The maximum Gasteiger partial charge on any atom is 0.326 e. The van der Waals surface area contributed by atoms with E-state index in [0.717, 1.165) is 27.8 Å². The Hall–Kier alpha value is -5.31. The predicted octanol–water partition coefficient (Wildman–Crippen LogP) is 5.62. The summed E-state index contributed by atoms with van der Waals surface area (Å²) in [7, 11) is 3.17. The van der Waals surface area contributed by atoms with E-state index in [1.165, 1.54) is 4.90 Å². The number of aliphatic carboxylic acids is 1. The van der Waals surface area contributed by atoms with Crippen LogP contribution in [0.2, 0.25) is 0 Å². The van der Waals surface area contributed by atoms with Gasteiger partial charge in [0.25, 0.3) is 5.91 Å². The zero-order chi connectivity index (χ0) is 31.6. The molecule has 0 radical (unpaired) electrons. The van der Waals surface area contributed by atoms with Gasteiger partial charge in [0, 0.05) is 36.7 Å². The zero-order valence-corrected chi connectivity index (χ0v) is 25.0. The van der Waals surface area contributed by atoms with Crippen molar-refractivity contribution < 1.29 is 33.7 Å². The lowest BCUT2D eigenvalue weighted by molar-refractivity contribution is -0.143. The number of ether oxygens (including phenoxy) is 3. The molecule has 0 heterocycles. The van der Waals surface area contributed by atoms with Gasteiger partial charge in [-0.15, -0.1) is 0 Å². The van der Waals surface area contributed by atoms with Gasteiger partial charge < -0.3 is 30.0 Å². The largest absolute Gasteiger partial charge is 0.496 e. The van der Waals surface area contributed by atoms with Gasteiger partial charge in [-0.25, -0.2) is 4.79 Å². The fraction of sp³-hybridized carbons (Fsp3) is 0.229. The van der Waals surface area contributed by atoms with Crippen molar-refractivity contribution in [2.24, 2.45) is 5.73 Å². The van der Waals surface area contributed by atoms with Crippen LogP contribution in [0.4, 0.5) is 0 Å². The van der Waals surface area contributed by atoms with Gasteiger partial charge in [-0.1, -0.05) is 66.2 Å². The number of hydrogen-bond acceptors (Lipinski definition) is 6. The summed E-state index contributed by atoms with van der Waals surface area (Å²) in [5.74, 6) is -0.364. The number of benzene rings is 4. The number of carbonyl (C=O) groups excluding carboxylic acids is 2. The van der Waals surface area contributed by atoms with E-state index in [1.54, 1.807) is 44.6 Å². The molecule has 44 heavy (non-hydrogen) atoms. The number of carboxylic acids is 1. The summed E-state index contributed by atoms with van der Waals surface area (Å²) in [6.45, 7) is 2.35. The summed E-state index contributed by atoms with van der Waals surface area (Å²) in [6, 6.07) is 26.5. The van der Waals surface area contributed by atoms with Crippen molar-refractivity contribution >= 4 is 17.8 Å². The number of aryl methyl sites for hydroxylation is 1. The van der Waals surface area contributed by atoms with Crippen LogP contribution in [0.3, 0.4) is 0 Å². The quantitative estimate of drug-likeness (QED) is 0.193. The molecule has 0 spiro atoms. The number of nitrogens with two attached hydrogens (primary N) is 1. The third-order valence-electron chi connectivity index (χ3n) is 7.17. The van der Waals surface area contributed by atoms with Gasteiger partial charge in [-0.2, -0.15) is 0 Å². The molecule has 0 saturated carbocycles. The van der Waals surface area contributed by atoms with Crippen LogP contribution in [0.25, 0.3) is 11.1 Å². The van der Waals surface area contributed by atoms with E-state index in [1.807, 2.05) is 67.6 Å². The molecule has 9 heteroatoms. The maximum absolute atomic E-state index is 13.7. The Kier molecular flexibility index (Phi) is 10.6. The molecule has 4 aromatic carbocycles. The normalized spacial score (nSPS) is 11.3. The van der Waals surface area contributed by atoms with Gasteiger partial charge in [0.2, 0.25) is 5.91 Å². The van der Waals surface area contributed by atoms with E-state index < -0.39 is 23.8 Å². The Morgan fingerprint density at radius 2 is 1.39 bits per heavy atom. The van der Waals surface area contributed by atoms with Crippen molar-refractivity contribution in [1.29, 1.82) is 0 Å². The zero-order valence-electron chi connectivity index (χ0n) is 25.0. The Labute approximate surface area is 256 Å². The molecule has 0 unspecified atom stereocenters. The highest BCUT2D eigenvalue weighted by Crippen LogP contribution is 2.28. The molecule has 228 valence electrons. The highest BCUT2D eigenvalue weighted by Gasteiger charge is 2.31. The number of amides is 2. The van der Waals surface area contributed by atoms with E-state index in [9.17, 15) is 19.5 Å². The summed E-state index contributed by atoms with van der Waals surface area (Å²) in [5, 5.41) is 9.98. The van der Waals surface area contributed by atoms with Gasteiger partial charge in [-0.05, 0) is 47.7 Å². The molecule has 1 atom stereocenters. The summed E-state index contributed by atoms with van der Waals surface area (Å²) in [6.07, 6.45) is -0.232. The Bertz CT molecular complexity index is 1580. The summed E-state index contributed by atoms with van der Waals surface area (Å²) >= 11 is 0. The van der Waals surface area contributed by atoms with Crippen LogP contribution >= 0.6 is 0 Å². The number of methoxy groups -OCH3 is 2. The number of nitrogens with zero attached hydrogens (tertiary/aromatic N) is 1. The number of rotatable bonds is 14. The van der Waals surface area contributed by atoms with Gasteiger partial charge >= 0.3 is 5.97 Å². The average Bonchev–Trinajstić information content (AvgIpc) is 3.03. The second-order valence-corrected chi connectivity index (χ2v) is 10.4. The second kappa shape index (κ2) is 14.7. The Morgan fingerprint density at radius 3 is 1.93 bits per heavy atom. The van der Waals surface area contributed by atoms with Gasteiger partial charge in [0.05, 0.1) is 14.2 Å². The molecule has 2 amide bonds. The van der Waals surface area contributed by atoms with Crippen molar-refractivity contribution in [3.8, 4) is 28.4 Å². The molecule has 4 rings (SSSR count). The summed E-state index contributed by atoms with van der Waals surface area (Å²) in [5.41, 5.74) is 10.2. The van der Waals surface area contributed by atoms with E-state index in [2.05, 4.69) is 0 Å². The van der Waals surface area contributed by atoms with Crippen molar-refractivity contribution in [2.75, 3.05) is 14.2 Å². The maximum atomic E-state index is 13.7. The first-order valence-electron chi connectivity index (χ1n) is 14.1. The van der Waals surface area contributed by atoms with Gasteiger partial charge in [-0.3, -0.25) is 9.59 Å². The molecule has 9 nitrogen and oxygen atoms in total. The minimum absolute atomic E-state index is 0.0735. The van der Waals surface area contributed by atoms with Crippen LogP contribution in [0.15, 0.2) is 91.0 Å². The summed E-state index contributed by atoms with van der Waals surface area (Å²) < 4.78 is 16.5. The highest BCUT2D eigenvalue weighted by atomic mass is 16.5. The molecular weight excluding hydrogens is 560 g/mol. The monoisotopic (exact) mass is 596 g/mol. The lowest BCUT2D eigenvalue weighted by Crippen LogP contribution is -2.45. The molecule has 0 aliphatic carbocycles. The van der Waals surface area contributed by atoms with Crippen LogP contribution in [0, 0.1) is 6.92 Å². The number of carbonyl (C=O) groups is 3. The average molecular weight is 597 g/mol. The Morgan fingerprint density at radius 1 is 0.795 bits per heavy atom. The van der Waals surface area contributed by atoms with E-state index in [0.29, 0.717) is 29.4 Å². The number of primary amides is 1. The van der Waals surface area contributed by atoms with E-state index >= 15 is 0 Å². The molecule has 0 bridgehead atoms. The van der Waals surface area contributed by atoms with Gasteiger partial charge in [0.1, 0.15) is 29.9 Å². The molecule has 0 aliphatic rings. The molecule has 3 N–H and O–H groups in total. The molecule has 0 fully saturated rings. The van der Waals surface area contributed by atoms with Crippen molar-refractivity contribution in [3.05, 3.63) is 113 Å². The minimum atomic E-state index is -1.22. The first-order valence-corrected chi connectivity index (χ1v) is 14.1. The fourth-order valence-corrected chi connectivity index (χ4v) is 4.82. The molecule has 4 aromatic rings. The molecule has 0 aromatic heterocycles. The number of hydrogen-bond donors (Lipinski definition) is 2. The SMILES string of the molecule is COc1cc(OC)cc(OCc2ccc(-c3ccc(C(=O)N(Cc4cccc(C)c4)[C@@H](CCC(N)=O)C(=O)O)cc3)cc2)c1. The predicted molar refractivity (Wildman–Crippen MR) is 167 cm³/mol. The van der Waals surface area contributed by atoms with Gasteiger partial charge in [0.15, 0.2) is 0 Å². The first-order chi connectivity index (χ1) is 21.2. The molecule has 0 aliphatic heterocycles. The van der Waals surface area contributed by atoms with Crippen molar-refractivity contribution in [1.82, 2.24) is 4.90 Å². The third kappa shape index (κ3) is 8.38. The minimum Gasteiger partial charge on any atom is -0.496 e. The topological polar surface area (TPSA) is 128 Å². The smallest absolute Gasteiger partial charge is 0.326 e. The van der Waals surface area contributed by atoms with Crippen LogP contribution in [0.5, 0.6) is 17.2 Å². The third-order valence-corrected chi connectivity index (χ3v) is 7.17. The molecule has 0 saturated heterocycles.